The van der Waals surface area contributed by atoms with Crippen molar-refractivity contribution in [1.29, 1.82) is 5.26 Å². The van der Waals surface area contributed by atoms with Gasteiger partial charge in [0.05, 0.1) is 34.6 Å². The van der Waals surface area contributed by atoms with E-state index in [2.05, 4.69) is 29.5 Å². The van der Waals surface area contributed by atoms with E-state index in [1.807, 2.05) is 37.3 Å². The number of nitrogens with one attached hydrogen (secondary N) is 2. The number of hydrogen-bond donors (Lipinski definition) is 3. The molecule has 0 heterocycles. The number of carbonyl (C=O) groups excluding carboxylic acids is 2. The largest absolute Gasteiger partial charge is 0.487 e. The molecular weight excluding hydrogens is 515 g/mol. The van der Waals surface area contributed by atoms with E-state index in [0.29, 0.717) is 16.9 Å². The van der Waals surface area contributed by atoms with Crippen molar-refractivity contribution in [3.05, 3.63) is 125 Å². The van der Waals surface area contributed by atoms with Gasteiger partial charge in [0.2, 0.25) is 0 Å². The summed E-state index contributed by atoms with van der Waals surface area (Å²) in [5.41, 5.74) is 2.82. The van der Waals surface area contributed by atoms with Crippen LogP contribution in [0.3, 0.4) is 0 Å². The van der Waals surface area contributed by atoms with Crippen molar-refractivity contribution in [2.24, 2.45) is 0 Å². The van der Waals surface area contributed by atoms with Gasteiger partial charge >= 0.3 is 6.03 Å². The number of halogens is 1. The minimum Gasteiger partial charge on any atom is -0.487 e. The van der Waals surface area contributed by atoms with Gasteiger partial charge in [-0.2, -0.15) is 5.26 Å². The Morgan fingerprint density at radius 2 is 1.69 bits per heavy atom. The van der Waals surface area contributed by atoms with Crippen molar-refractivity contribution in [2.45, 2.75) is 19.6 Å². The monoisotopic (exact) mass is 540 g/mol. The van der Waals surface area contributed by atoms with Gasteiger partial charge in [-0.1, -0.05) is 67.4 Å². The summed E-state index contributed by atoms with van der Waals surface area (Å²) in [4.78, 5) is 25.7. The molecule has 0 aliphatic rings. The third-order valence-electron chi connectivity index (χ3n) is 5.89. The molecule has 1 atom stereocenters. The lowest BCUT2D eigenvalue weighted by Gasteiger charge is -2.22. The van der Waals surface area contributed by atoms with Gasteiger partial charge in [0.25, 0.3) is 5.91 Å². The zero-order valence-corrected chi connectivity index (χ0v) is 21.9. The minimum atomic E-state index is -0.645. The maximum atomic E-state index is 14.2. The van der Waals surface area contributed by atoms with Crippen molar-refractivity contribution in [1.82, 2.24) is 5.32 Å². The first-order valence-electron chi connectivity index (χ1n) is 12.0. The van der Waals surface area contributed by atoms with Crippen LogP contribution in [0.2, 0.25) is 0 Å². The molecule has 0 fully saturated rings. The summed E-state index contributed by atoms with van der Waals surface area (Å²) in [5, 5.41) is 14.5. The second-order valence-electron chi connectivity index (χ2n) is 8.61. The molecule has 4 aromatic carbocycles. The first kappa shape index (κ1) is 27.2. The number of amides is 3. The molecule has 0 saturated heterocycles. The van der Waals surface area contributed by atoms with Crippen LogP contribution in [-0.4, -0.2) is 11.9 Å². The molecule has 39 heavy (non-hydrogen) atoms. The van der Waals surface area contributed by atoms with Crippen molar-refractivity contribution in [3.63, 3.8) is 0 Å². The highest BCUT2D eigenvalue weighted by atomic mass is 32.1. The molecule has 4 rings (SSSR count). The van der Waals surface area contributed by atoms with E-state index in [-0.39, 0.29) is 24.0 Å². The Kier molecular flexibility index (Phi) is 8.82. The molecule has 0 aliphatic heterocycles. The molecule has 0 radical (unpaired) electrons. The Bertz CT molecular complexity index is 1510. The van der Waals surface area contributed by atoms with Gasteiger partial charge in [-0.05, 0) is 54.4 Å². The summed E-state index contributed by atoms with van der Waals surface area (Å²) in [5.74, 6) is -1.01. The number of hydrogen-bond acceptors (Lipinski definition) is 5. The highest BCUT2D eigenvalue weighted by Gasteiger charge is 2.19. The van der Waals surface area contributed by atoms with E-state index in [9.17, 15) is 14.0 Å². The molecular formula is C30H25FN4O3S. The summed E-state index contributed by atoms with van der Waals surface area (Å²) >= 11 is 4.38. The van der Waals surface area contributed by atoms with Crippen LogP contribution in [0.15, 0.2) is 97.1 Å². The van der Waals surface area contributed by atoms with Crippen LogP contribution in [-0.2, 0) is 6.61 Å². The van der Waals surface area contributed by atoms with E-state index in [4.69, 9.17) is 10.00 Å². The Balaban J connectivity index is 1.54. The Hall–Kier alpha value is -4.81. The molecule has 0 saturated carbocycles. The number of urea groups is 1. The SMILES string of the molecule is CC(NC(=O)N(S)c1ccc(NC(=O)c2ccccc2F)c(OCc2ccccc2)c1)c1ccc(C#N)cc1. The van der Waals surface area contributed by atoms with E-state index in [0.717, 1.165) is 15.4 Å². The van der Waals surface area contributed by atoms with Crippen molar-refractivity contribution < 1.29 is 18.7 Å². The van der Waals surface area contributed by atoms with Gasteiger partial charge in [0.15, 0.2) is 0 Å². The lowest BCUT2D eigenvalue weighted by molar-refractivity contribution is 0.102. The number of carbonyl (C=O) groups is 2. The lowest BCUT2D eigenvalue weighted by atomic mass is 10.1. The van der Waals surface area contributed by atoms with E-state index in [1.165, 1.54) is 18.2 Å². The lowest BCUT2D eigenvalue weighted by Crippen LogP contribution is -2.35. The van der Waals surface area contributed by atoms with Gasteiger partial charge in [0, 0.05) is 6.07 Å². The van der Waals surface area contributed by atoms with Crippen LogP contribution in [0.25, 0.3) is 0 Å². The molecule has 7 nitrogen and oxygen atoms in total. The quantitative estimate of drug-likeness (QED) is 0.218. The molecule has 9 heteroatoms. The molecule has 2 N–H and O–H groups in total. The molecule has 3 amide bonds. The third kappa shape index (κ3) is 6.94. The molecule has 0 aromatic heterocycles. The fourth-order valence-corrected chi connectivity index (χ4v) is 3.91. The van der Waals surface area contributed by atoms with Gasteiger partial charge in [-0.25, -0.2) is 13.5 Å². The number of thiol groups is 1. The number of anilines is 2. The highest BCUT2D eigenvalue weighted by molar-refractivity contribution is 7.82. The average molecular weight is 541 g/mol. The first-order valence-corrected chi connectivity index (χ1v) is 12.4. The van der Waals surface area contributed by atoms with E-state index < -0.39 is 17.8 Å². The molecule has 4 aromatic rings. The topological polar surface area (TPSA) is 94.5 Å². The minimum absolute atomic E-state index is 0.109. The Morgan fingerprint density at radius 1 is 1.00 bits per heavy atom. The van der Waals surface area contributed by atoms with Crippen LogP contribution in [0.4, 0.5) is 20.6 Å². The first-order chi connectivity index (χ1) is 18.9. The second kappa shape index (κ2) is 12.6. The zero-order chi connectivity index (χ0) is 27.8. The van der Waals surface area contributed by atoms with Crippen molar-refractivity contribution in [3.8, 4) is 11.8 Å². The zero-order valence-electron chi connectivity index (χ0n) is 21.0. The smallest absolute Gasteiger partial charge is 0.332 e. The van der Waals surface area contributed by atoms with Gasteiger partial charge in [-0.3, -0.25) is 4.79 Å². The van der Waals surface area contributed by atoms with Crippen LogP contribution in [0.1, 0.15) is 40.0 Å². The van der Waals surface area contributed by atoms with Gasteiger partial charge in [-0.15, -0.1) is 0 Å². The van der Waals surface area contributed by atoms with Crippen LogP contribution in [0, 0.1) is 17.1 Å². The predicted molar refractivity (Wildman–Crippen MR) is 151 cm³/mol. The van der Waals surface area contributed by atoms with Crippen molar-refractivity contribution >= 4 is 36.1 Å². The highest BCUT2D eigenvalue weighted by Crippen LogP contribution is 2.32. The predicted octanol–water partition coefficient (Wildman–Crippen LogP) is 6.65. The standard InChI is InChI=1S/C30H25FN4O3S/c1-20(23-13-11-21(18-32)12-14-23)33-30(37)35(39)24-15-16-27(34-29(36)25-9-5-6-10-26(25)31)28(17-24)38-19-22-7-3-2-4-8-22/h2-17,20,39H,19H2,1H3,(H,33,37)(H,34,36). The number of benzene rings is 4. The van der Waals surface area contributed by atoms with E-state index in [1.54, 1.807) is 48.5 Å². The second-order valence-corrected chi connectivity index (χ2v) is 9.01. The number of nitrogens with zero attached hydrogens (tertiary/aromatic N) is 2. The maximum Gasteiger partial charge on any atom is 0.332 e. The number of ether oxygens (including phenoxy) is 1. The molecule has 0 bridgehead atoms. The third-order valence-corrected chi connectivity index (χ3v) is 6.30. The molecule has 0 aliphatic carbocycles. The van der Waals surface area contributed by atoms with Crippen LogP contribution < -0.4 is 19.7 Å². The summed E-state index contributed by atoms with van der Waals surface area (Å²) in [6.45, 7) is 2.01. The molecule has 1 unspecified atom stereocenters. The fraction of sp³-hybridized carbons (Fsp3) is 0.100. The average Bonchev–Trinajstić information content (AvgIpc) is 2.97. The fourth-order valence-electron chi connectivity index (χ4n) is 3.73. The van der Waals surface area contributed by atoms with Gasteiger partial charge < -0.3 is 15.4 Å². The normalized spacial score (nSPS) is 11.1. The Labute approximate surface area is 231 Å². The summed E-state index contributed by atoms with van der Waals surface area (Å²) in [7, 11) is 0. The van der Waals surface area contributed by atoms with Gasteiger partial charge in [0.1, 0.15) is 18.2 Å². The van der Waals surface area contributed by atoms with Crippen LogP contribution >= 0.6 is 12.8 Å². The molecule has 0 spiro atoms. The molecule has 196 valence electrons. The number of nitriles is 1. The summed E-state index contributed by atoms with van der Waals surface area (Å²) in [6, 6.07) is 28.0. The van der Waals surface area contributed by atoms with E-state index >= 15 is 0 Å². The van der Waals surface area contributed by atoms with Crippen molar-refractivity contribution in [2.75, 3.05) is 9.62 Å². The maximum absolute atomic E-state index is 14.2. The summed E-state index contributed by atoms with van der Waals surface area (Å²) in [6.07, 6.45) is 0. The Morgan fingerprint density at radius 3 is 2.38 bits per heavy atom. The summed E-state index contributed by atoms with van der Waals surface area (Å²) < 4.78 is 21.3. The number of rotatable bonds is 8. The van der Waals surface area contributed by atoms with Crippen LogP contribution in [0.5, 0.6) is 5.75 Å².